The molecule has 0 N–H and O–H groups in total. The van der Waals surface area contributed by atoms with E-state index in [0.717, 1.165) is 15.8 Å². The number of aromatic nitrogens is 2. The van der Waals surface area contributed by atoms with E-state index in [4.69, 9.17) is 0 Å². The first-order valence-electron chi connectivity index (χ1n) is 6.24. The van der Waals surface area contributed by atoms with Crippen LogP contribution in [0.15, 0.2) is 59.3 Å². The van der Waals surface area contributed by atoms with Crippen molar-refractivity contribution in [2.24, 2.45) is 0 Å². The Morgan fingerprint density at radius 1 is 1.19 bits per heavy atom. The molecule has 0 saturated heterocycles. The zero-order chi connectivity index (χ0) is 14.8. The van der Waals surface area contributed by atoms with Crippen molar-refractivity contribution in [2.75, 3.05) is 0 Å². The summed E-state index contributed by atoms with van der Waals surface area (Å²) >= 11 is 3.40. The van der Waals surface area contributed by atoms with Gasteiger partial charge in [-0.05, 0) is 64.5 Å². The van der Waals surface area contributed by atoms with Crippen molar-refractivity contribution >= 4 is 33.4 Å². The van der Waals surface area contributed by atoms with E-state index in [-0.39, 0.29) is 11.6 Å². The first kappa shape index (κ1) is 13.7. The van der Waals surface area contributed by atoms with Crippen molar-refractivity contribution < 1.29 is 9.18 Å². The van der Waals surface area contributed by atoms with E-state index in [2.05, 4.69) is 20.9 Å². The number of ketones is 1. The van der Waals surface area contributed by atoms with Crippen LogP contribution >= 0.6 is 15.9 Å². The number of carbonyl (C=O) groups excluding carboxylic acids is 1. The van der Waals surface area contributed by atoms with Crippen LogP contribution in [-0.2, 0) is 0 Å². The van der Waals surface area contributed by atoms with Gasteiger partial charge in [0.25, 0.3) is 0 Å². The number of pyridine rings is 1. The molecule has 2 aromatic heterocycles. The minimum Gasteiger partial charge on any atom is -0.299 e. The fourth-order valence-electron chi connectivity index (χ4n) is 1.97. The molecule has 0 saturated carbocycles. The number of nitrogens with zero attached hydrogens (tertiary/aromatic N) is 2. The Balaban J connectivity index is 1.89. The van der Waals surface area contributed by atoms with Gasteiger partial charge in [0.2, 0.25) is 0 Å². The molecule has 3 nitrogen and oxygen atoms in total. The van der Waals surface area contributed by atoms with Gasteiger partial charge in [-0.3, -0.25) is 9.20 Å². The number of imidazole rings is 1. The zero-order valence-electron chi connectivity index (χ0n) is 10.8. The van der Waals surface area contributed by atoms with Crippen molar-refractivity contribution in [3.8, 4) is 0 Å². The fraction of sp³-hybridized carbons (Fsp3) is 0. The Morgan fingerprint density at radius 3 is 2.71 bits per heavy atom. The summed E-state index contributed by atoms with van der Waals surface area (Å²) in [5, 5.41) is 0. The normalized spacial score (nSPS) is 11.3. The molecule has 1 aromatic carbocycles. The van der Waals surface area contributed by atoms with E-state index in [1.807, 2.05) is 22.7 Å². The molecule has 0 unspecified atom stereocenters. The number of halogens is 2. The molecule has 0 aliphatic rings. The maximum atomic E-state index is 12.8. The summed E-state index contributed by atoms with van der Waals surface area (Å²) in [6, 6.07) is 9.25. The SMILES string of the molecule is O=C(C=Cc1cnc2ccc(Br)cn12)c1ccc(F)cc1. The van der Waals surface area contributed by atoms with Crippen molar-refractivity contribution in [1.29, 1.82) is 0 Å². The molecule has 5 heteroatoms. The van der Waals surface area contributed by atoms with Gasteiger partial charge in [0.1, 0.15) is 11.5 Å². The zero-order valence-corrected chi connectivity index (χ0v) is 12.4. The average Bonchev–Trinajstić information content (AvgIpc) is 2.88. The second kappa shape index (κ2) is 5.61. The number of fused-ring (bicyclic) bond motifs is 1. The highest BCUT2D eigenvalue weighted by atomic mass is 79.9. The Bertz CT molecular complexity index is 837. The number of hydrogen-bond acceptors (Lipinski definition) is 2. The largest absolute Gasteiger partial charge is 0.299 e. The molecule has 0 atom stereocenters. The molecule has 0 radical (unpaired) electrons. The molecular weight excluding hydrogens is 335 g/mol. The number of rotatable bonds is 3. The van der Waals surface area contributed by atoms with Crippen LogP contribution in [0, 0.1) is 5.82 Å². The molecule has 0 bridgehead atoms. The highest BCUT2D eigenvalue weighted by Gasteiger charge is 2.04. The lowest BCUT2D eigenvalue weighted by Gasteiger charge is -1.98. The van der Waals surface area contributed by atoms with Crippen molar-refractivity contribution in [3.05, 3.63) is 76.4 Å². The van der Waals surface area contributed by atoms with Crippen LogP contribution in [0.4, 0.5) is 4.39 Å². The molecule has 0 aliphatic heterocycles. The third-order valence-corrected chi connectivity index (χ3v) is 3.50. The maximum absolute atomic E-state index is 12.8. The van der Waals surface area contributed by atoms with Gasteiger partial charge in [-0.25, -0.2) is 9.37 Å². The highest BCUT2D eigenvalue weighted by Crippen LogP contribution is 2.15. The van der Waals surface area contributed by atoms with Crippen molar-refractivity contribution in [1.82, 2.24) is 9.38 Å². The molecule has 0 aliphatic carbocycles. The summed E-state index contributed by atoms with van der Waals surface area (Å²) < 4.78 is 15.6. The van der Waals surface area contributed by atoms with Crippen LogP contribution in [-0.4, -0.2) is 15.2 Å². The second-order valence-electron chi connectivity index (χ2n) is 4.46. The third kappa shape index (κ3) is 2.92. The maximum Gasteiger partial charge on any atom is 0.185 e. The van der Waals surface area contributed by atoms with E-state index >= 15 is 0 Å². The first-order chi connectivity index (χ1) is 10.1. The molecular formula is C16H10BrFN2O. The number of carbonyl (C=O) groups is 1. The summed E-state index contributed by atoms with van der Waals surface area (Å²) in [6.45, 7) is 0. The minimum atomic E-state index is -0.359. The Kier molecular flexibility index (Phi) is 3.66. The second-order valence-corrected chi connectivity index (χ2v) is 5.38. The molecule has 3 aromatic rings. The van der Waals surface area contributed by atoms with Crippen LogP contribution in [0.1, 0.15) is 16.1 Å². The van der Waals surface area contributed by atoms with E-state index in [1.54, 1.807) is 12.3 Å². The van der Waals surface area contributed by atoms with Gasteiger partial charge < -0.3 is 0 Å². The van der Waals surface area contributed by atoms with Gasteiger partial charge in [0.05, 0.1) is 11.9 Å². The molecule has 0 amide bonds. The number of hydrogen-bond donors (Lipinski definition) is 0. The van der Waals surface area contributed by atoms with Gasteiger partial charge in [0, 0.05) is 16.2 Å². The summed E-state index contributed by atoms with van der Waals surface area (Å²) in [7, 11) is 0. The van der Waals surface area contributed by atoms with Gasteiger partial charge >= 0.3 is 0 Å². The molecule has 2 heterocycles. The van der Waals surface area contributed by atoms with Gasteiger partial charge in [-0.15, -0.1) is 0 Å². The van der Waals surface area contributed by atoms with Crippen LogP contribution < -0.4 is 0 Å². The fourth-order valence-corrected chi connectivity index (χ4v) is 2.31. The lowest BCUT2D eigenvalue weighted by molar-refractivity contribution is 0.104. The quantitative estimate of drug-likeness (QED) is 0.528. The highest BCUT2D eigenvalue weighted by molar-refractivity contribution is 9.10. The summed E-state index contributed by atoms with van der Waals surface area (Å²) in [4.78, 5) is 16.3. The van der Waals surface area contributed by atoms with Gasteiger partial charge in [-0.2, -0.15) is 0 Å². The molecule has 0 spiro atoms. The smallest absolute Gasteiger partial charge is 0.185 e. The number of benzene rings is 1. The lowest BCUT2D eigenvalue weighted by atomic mass is 10.1. The van der Waals surface area contributed by atoms with Crippen LogP contribution in [0.5, 0.6) is 0 Å². The van der Waals surface area contributed by atoms with Gasteiger partial charge in [0.15, 0.2) is 5.78 Å². The van der Waals surface area contributed by atoms with Crippen molar-refractivity contribution in [3.63, 3.8) is 0 Å². The minimum absolute atomic E-state index is 0.181. The number of allylic oxidation sites excluding steroid dienone is 1. The lowest BCUT2D eigenvalue weighted by Crippen LogP contribution is -1.94. The van der Waals surface area contributed by atoms with Gasteiger partial charge in [-0.1, -0.05) is 0 Å². The predicted octanol–water partition coefficient (Wildman–Crippen LogP) is 4.13. The topological polar surface area (TPSA) is 34.4 Å². The molecule has 3 rings (SSSR count). The Labute approximate surface area is 128 Å². The molecule has 0 fully saturated rings. The summed E-state index contributed by atoms with van der Waals surface area (Å²) in [5.74, 6) is -0.540. The van der Waals surface area contributed by atoms with E-state index < -0.39 is 0 Å². The Hall–Kier alpha value is -2.27. The van der Waals surface area contributed by atoms with Crippen molar-refractivity contribution in [2.45, 2.75) is 0 Å². The van der Waals surface area contributed by atoms with Crippen LogP contribution in [0.3, 0.4) is 0 Å². The average molecular weight is 345 g/mol. The molecule has 21 heavy (non-hydrogen) atoms. The van der Waals surface area contributed by atoms with Crippen LogP contribution in [0.25, 0.3) is 11.7 Å². The Morgan fingerprint density at radius 2 is 1.95 bits per heavy atom. The third-order valence-electron chi connectivity index (χ3n) is 3.03. The standard InChI is InChI=1S/C16H10BrFN2O/c17-12-3-8-16-19-9-14(20(16)10-12)6-7-15(21)11-1-4-13(18)5-2-11/h1-10H. The summed E-state index contributed by atoms with van der Waals surface area (Å²) in [6.07, 6.45) is 6.72. The van der Waals surface area contributed by atoms with E-state index in [1.165, 1.54) is 30.3 Å². The monoisotopic (exact) mass is 344 g/mol. The van der Waals surface area contributed by atoms with E-state index in [9.17, 15) is 9.18 Å². The molecule has 104 valence electrons. The first-order valence-corrected chi connectivity index (χ1v) is 7.03. The van der Waals surface area contributed by atoms with E-state index in [0.29, 0.717) is 5.56 Å². The predicted molar refractivity (Wildman–Crippen MR) is 82.7 cm³/mol. The summed E-state index contributed by atoms with van der Waals surface area (Å²) in [5.41, 5.74) is 2.04. The van der Waals surface area contributed by atoms with Crippen LogP contribution in [0.2, 0.25) is 0 Å².